The van der Waals surface area contributed by atoms with Crippen molar-refractivity contribution in [2.75, 3.05) is 19.4 Å². The molecule has 0 saturated carbocycles. The highest BCUT2D eigenvalue weighted by Gasteiger charge is 2.10. The van der Waals surface area contributed by atoms with E-state index in [0.717, 1.165) is 22.0 Å². The highest BCUT2D eigenvalue weighted by Crippen LogP contribution is 2.21. The molecule has 4 aromatic rings. The Morgan fingerprint density at radius 1 is 1.00 bits per heavy atom. The maximum atomic E-state index is 12.5. The Morgan fingerprint density at radius 2 is 1.81 bits per heavy atom. The highest BCUT2D eigenvalue weighted by molar-refractivity contribution is 5.93. The summed E-state index contributed by atoms with van der Waals surface area (Å²) >= 11 is 0. The molecule has 0 aliphatic carbocycles. The van der Waals surface area contributed by atoms with E-state index in [1.165, 1.54) is 0 Å². The molecular weight excluding hydrogens is 404 g/mol. The van der Waals surface area contributed by atoms with Crippen LogP contribution in [0.5, 0.6) is 0 Å². The van der Waals surface area contributed by atoms with Crippen molar-refractivity contribution in [2.45, 2.75) is 19.6 Å². The molecule has 32 heavy (non-hydrogen) atoms. The number of carbonyl (C=O) groups is 2. The summed E-state index contributed by atoms with van der Waals surface area (Å²) in [6.07, 6.45) is 5.54. The number of fused-ring (bicyclic) bond motifs is 1. The van der Waals surface area contributed by atoms with E-state index in [9.17, 15) is 9.59 Å². The van der Waals surface area contributed by atoms with Gasteiger partial charge < -0.3 is 20.1 Å². The number of aromatic nitrogens is 3. The zero-order valence-corrected chi connectivity index (χ0v) is 18.2. The minimum Gasteiger partial charge on any atom is -0.347 e. The fourth-order valence-electron chi connectivity index (χ4n) is 3.51. The van der Waals surface area contributed by atoms with Gasteiger partial charge in [-0.2, -0.15) is 5.10 Å². The monoisotopic (exact) mass is 430 g/mol. The van der Waals surface area contributed by atoms with Crippen LogP contribution in [0.3, 0.4) is 0 Å². The zero-order chi connectivity index (χ0) is 22.5. The Kier molecular flexibility index (Phi) is 6.21. The van der Waals surface area contributed by atoms with Gasteiger partial charge in [-0.25, -0.2) is 4.79 Å². The topological polar surface area (TPSA) is 84.2 Å². The van der Waals surface area contributed by atoms with Crippen LogP contribution in [0.4, 0.5) is 10.5 Å². The molecule has 0 radical (unpaired) electrons. The van der Waals surface area contributed by atoms with E-state index in [2.05, 4.69) is 15.7 Å². The first-order valence-electron chi connectivity index (χ1n) is 10.4. The molecule has 2 aromatic heterocycles. The number of anilines is 1. The normalized spacial score (nSPS) is 10.8. The average Bonchev–Trinajstić information content (AvgIpc) is 3.43. The Labute approximate surface area is 186 Å². The summed E-state index contributed by atoms with van der Waals surface area (Å²) in [4.78, 5) is 26.1. The number of amides is 3. The zero-order valence-electron chi connectivity index (χ0n) is 18.2. The number of carbonyl (C=O) groups excluding carboxylic acids is 2. The number of hydrogen-bond donors (Lipinski definition) is 2. The summed E-state index contributed by atoms with van der Waals surface area (Å²) in [7, 11) is 3.48. The van der Waals surface area contributed by atoms with E-state index in [1.807, 2.05) is 76.2 Å². The molecule has 164 valence electrons. The molecular formula is C24H26N6O2. The molecule has 3 amide bonds. The standard InChI is InChI=1S/C24H26N6O2/c1-28(2)23(31)17-29-13-10-18-14-21(8-9-22(18)29)27-24(32)25-15-19-6-3-4-7-20(19)16-30-12-5-11-26-30/h3-14H,15-17H2,1-2H3,(H2,25,27,32). The SMILES string of the molecule is CN(C)C(=O)Cn1ccc2cc(NC(=O)NCc3ccccc3Cn3cccn3)ccc21. The van der Waals surface area contributed by atoms with E-state index in [0.29, 0.717) is 18.8 Å². The molecule has 0 fully saturated rings. The van der Waals surface area contributed by atoms with Crippen LogP contribution in [-0.4, -0.2) is 45.3 Å². The Bertz CT molecular complexity index is 1230. The van der Waals surface area contributed by atoms with Gasteiger partial charge in [0, 0.05) is 55.8 Å². The molecule has 8 heteroatoms. The van der Waals surface area contributed by atoms with E-state index >= 15 is 0 Å². The Balaban J connectivity index is 1.38. The fraction of sp³-hybridized carbons (Fsp3) is 0.208. The van der Waals surface area contributed by atoms with Gasteiger partial charge in [-0.15, -0.1) is 0 Å². The van der Waals surface area contributed by atoms with Crippen LogP contribution in [0.15, 0.2) is 73.2 Å². The van der Waals surface area contributed by atoms with Gasteiger partial charge in [-0.1, -0.05) is 24.3 Å². The smallest absolute Gasteiger partial charge is 0.319 e. The van der Waals surface area contributed by atoms with Crippen molar-refractivity contribution in [1.82, 2.24) is 24.6 Å². The summed E-state index contributed by atoms with van der Waals surface area (Å²) in [6.45, 7) is 1.34. The number of hydrogen-bond acceptors (Lipinski definition) is 3. The van der Waals surface area contributed by atoms with Gasteiger partial charge in [0.15, 0.2) is 0 Å². The second-order valence-corrected chi connectivity index (χ2v) is 7.79. The third kappa shape index (κ3) is 4.97. The molecule has 0 aliphatic heterocycles. The number of nitrogens with zero attached hydrogens (tertiary/aromatic N) is 4. The van der Waals surface area contributed by atoms with Gasteiger partial charge in [-0.3, -0.25) is 9.48 Å². The van der Waals surface area contributed by atoms with Crippen molar-refractivity contribution in [1.29, 1.82) is 0 Å². The van der Waals surface area contributed by atoms with Gasteiger partial charge in [0.25, 0.3) is 0 Å². The second-order valence-electron chi connectivity index (χ2n) is 7.79. The van der Waals surface area contributed by atoms with Crippen LogP contribution in [-0.2, 0) is 24.4 Å². The molecule has 2 aromatic carbocycles. The molecule has 0 aliphatic rings. The van der Waals surface area contributed by atoms with Gasteiger partial charge >= 0.3 is 6.03 Å². The molecule has 0 spiro atoms. The lowest BCUT2D eigenvalue weighted by Crippen LogP contribution is -2.28. The maximum Gasteiger partial charge on any atom is 0.319 e. The maximum absolute atomic E-state index is 12.5. The lowest BCUT2D eigenvalue weighted by atomic mass is 10.1. The first-order valence-corrected chi connectivity index (χ1v) is 10.4. The summed E-state index contributed by atoms with van der Waals surface area (Å²) in [5.74, 6) is 0.0249. The number of likely N-dealkylation sites (N-methyl/N-ethyl adjacent to an activating group) is 1. The van der Waals surface area contributed by atoms with Gasteiger partial charge in [0.1, 0.15) is 6.54 Å². The number of urea groups is 1. The third-order valence-corrected chi connectivity index (χ3v) is 5.28. The first kappa shape index (κ1) is 21.2. The predicted octanol–water partition coefficient (Wildman–Crippen LogP) is 3.30. The van der Waals surface area contributed by atoms with Crippen molar-refractivity contribution < 1.29 is 9.59 Å². The van der Waals surface area contributed by atoms with Crippen LogP contribution in [0.25, 0.3) is 10.9 Å². The van der Waals surface area contributed by atoms with Crippen molar-refractivity contribution in [3.63, 3.8) is 0 Å². The van der Waals surface area contributed by atoms with Crippen molar-refractivity contribution in [3.05, 3.63) is 84.3 Å². The summed E-state index contributed by atoms with van der Waals surface area (Å²) in [5, 5.41) is 11.0. The average molecular weight is 431 g/mol. The summed E-state index contributed by atoms with van der Waals surface area (Å²) in [6, 6.07) is 17.2. The second kappa shape index (κ2) is 9.38. The number of rotatable bonds is 7. The third-order valence-electron chi connectivity index (χ3n) is 5.28. The minimum atomic E-state index is -0.277. The molecule has 0 saturated heterocycles. The lowest BCUT2D eigenvalue weighted by Gasteiger charge is -2.13. The van der Waals surface area contributed by atoms with Crippen molar-refractivity contribution >= 4 is 28.5 Å². The van der Waals surface area contributed by atoms with E-state index in [4.69, 9.17) is 0 Å². The van der Waals surface area contributed by atoms with Crippen molar-refractivity contribution in [2.24, 2.45) is 0 Å². The first-order chi connectivity index (χ1) is 15.5. The Hall–Kier alpha value is -4.07. The van der Waals surface area contributed by atoms with Crippen LogP contribution in [0, 0.1) is 0 Å². The molecule has 4 rings (SSSR count). The van der Waals surface area contributed by atoms with Crippen LogP contribution >= 0.6 is 0 Å². The van der Waals surface area contributed by atoms with E-state index < -0.39 is 0 Å². The molecule has 2 N–H and O–H groups in total. The van der Waals surface area contributed by atoms with Gasteiger partial charge in [-0.05, 0) is 41.5 Å². The van der Waals surface area contributed by atoms with E-state index in [1.54, 1.807) is 25.2 Å². The Morgan fingerprint density at radius 3 is 2.56 bits per heavy atom. The van der Waals surface area contributed by atoms with Gasteiger partial charge in [0.05, 0.1) is 6.54 Å². The fourth-order valence-corrected chi connectivity index (χ4v) is 3.51. The largest absolute Gasteiger partial charge is 0.347 e. The molecule has 2 heterocycles. The van der Waals surface area contributed by atoms with Crippen LogP contribution < -0.4 is 10.6 Å². The number of nitrogens with one attached hydrogen (secondary N) is 2. The quantitative estimate of drug-likeness (QED) is 0.472. The lowest BCUT2D eigenvalue weighted by molar-refractivity contribution is -0.129. The van der Waals surface area contributed by atoms with Crippen LogP contribution in [0.2, 0.25) is 0 Å². The van der Waals surface area contributed by atoms with Gasteiger partial charge in [0.2, 0.25) is 5.91 Å². The van der Waals surface area contributed by atoms with E-state index in [-0.39, 0.29) is 18.5 Å². The summed E-state index contributed by atoms with van der Waals surface area (Å²) in [5.41, 5.74) is 3.78. The molecule has 0 atom stereocenters. The predicted molar refractivity (Wildman–Crippen MR) is 124 cm³/mol. The highest BCUT2D eigenvalue weighted by atomic mass is 16.2. The van der Waals surface area contributed by atoms with Crippen LogP contribution in [0.1, 0.15) is 11.1 Å². The summed E-state index contributed by atoms with van der Waals surface area (Å²) < 4.78 is 3.75. The molecule has 0 unspecified atom stereocenters. The van der Waals surface area contributed by atoms with Crippen molar-refractivity contribution in [3.8, 4) is 0 Å². The molecule has 8 nitrogen and oxygen atoms in total. The minimum absolute atomic E-state index is 0.0249. The number of benzene rings is 2. The molecule has 0 bridgehead atoms.